The summed E-state index contributed by atoms with van der Waals surface area (Å²) in [6.45, 7) is 0. The Bertz CT molecular complexity index is 320. The zero-order valence-corrected chi connectivity index (χ0v) is 18.7. The molecule has 27 heteroatoms. The summed E-state index contributed by atoms with van der Waals surface area (Å²) in [5.41, 5.74) is 0. The Morgan fingerprint density at radius 1 is 0.344 bits per heavy atom. The van der Waals surface area contributed by atoms with E-state index in [2.05, 4.69) is 4.98 Å². The van der Waals surface area contributed by atoms with Crippen LogP contribution in [-0.4, -0.2) is 4.98 Å². The predicted molar refractivity (Wildman–Crippen MR) is 34.9 cm³/mol. The van der Waals surface area contributed by atoms with Crippen LogP contribution in [0, 0.1) is 41.0 Å². The molecule has 32 heavy (non-hydrogen) atoms. The molecular formula is C5H5Cl4N6O16Ru. The summed E-state index contributed by atoms with van der Waals surface area (Å²) in [5, 5.41) is 0. The second-order valence-corrected chi connectivity index (χ2v) is 5.56. The van der Waals surface area contributed by atoms with Gasteiger partial charge < -0.3 is 0 Å². The molecule has 0 aromatic carbocycles. The van der Waals surface area contributed by atoms with E-state index in [0.717, 1.165) is 0 Å². The summed E-state index contributed by atoms with van der Waals surface area (Å²) in [7, 11) is -19.8. The van der Waals surface area contributed by atoms with Gasteiger partial charge in [-0.25, -0.2) is 74.5 Å². The van der Waals surface area contributed by atoms with Crippen molar-refractivity contribution < 1.29 is 135 Å². The van der Waals surface area contributed by atoms with Crippen LogP contribution in [0.25, 0.3) is 0 Å². The zero-order chi connectivity index (χ0) is 22.2. The van der Waals surface area contributed by atoms with Gasteiger partial charge in [0, 0.05) is 43.1 Å². The van der Waals surface area contributed by atoms with Crippen molar-refractivity contribution in [2.45, 2.75) is 0 Å². The van der Waals surface area contributed by atoms with E-state index in [9.17, 15) is 0 Å². The molecule has 1 aromatic heterocycles. The number of halogens is 4. The smallest absolute Gasteiger partial charge is 0.265 e. The van der Waals surface area contributed by atoms with Gasteiger partial charge in [0.15, 0.2) is 0 Å². The molecule has 0 saturated heterocycles. The third-order valence-electron chi connectivity index (χ3n) is 0.566. The fourth-order valence-corrected chi connectivity index (χ4v) is 0.313. The Hall–Kier alpha value is 0.0934. The first kappa shape index (κ1) is 63.6. The number of nitrogens with zero attached hydrogens (tertiary/aromatic N) is 6. The SMILES string of the molecule is [N].[N].[N].[N].[N].[O-][Cl+3]([O-])([O-])[O-].[O-][Cl+3]([O-])([O-])[O-].[O-][Cl+3]([O-])([O-])[O-].[O-][Cl+3]([O-])([O-])[O-].[Ru+4].c1ccncc1. The molecule has 0 spiro atoms. The van der Waals surface area contributed by atoms with Crippen molar-refractivity contribution in [3.63, 3.8) is 0 Å². The van der Waals surface area contributed by atoms with Gasteiger partial charge in [-0.15, -0.1) is 41.0 Å². The van der Waals surface area contributed by atoms with Crippen LogP contribution in [-0.2, 0) is 19.5 Å². The normalized spacial score (nSPS) is 9.00. The van der Waals surface area contributed by atoms with Gasteiger partial charge in [0.1, 0.15) is 0 Å². The molecule has 0 saturated carbocycles. The number of aromatic nitrogens is 1. The predicted octanol–water partition coefficient (Wildman–Crippen LogP) is -20.3. The molecule has 0 atom stereocenters. The first-order valence-electron chi connectivity index (χ1n) is 4.32. The van der Waals surface area contributed by atoms with E-state index in [0.29, 0.717) is 0 Å². The maximum atomic E-state index is 8.49. The van der Waals surface area contributed by atoms with Crippen molar-refractivity contribution in [1.82, 2.24) is 35.7 Å². The Labute approximate surface area is 201 Å². The molecule has 0 aliphatic heterocycles. The van der Waals surface area contributed by atoms with Gasteiger partial charge in [-0.1, -0.05) is 6.07 Å². The maximum absolute atomic E-state index is 8.49. The third kappa shape index (κ3) is 686. The van der Waals surface area contributed by atoms with E-state index in [1.165, 1.54) is 0 Å². The van der Waals surface area contributed by atoms with E-state index in [1.54, 1.807) is 12.4 Å². The van der Waals surface area contributed by atoms with Gasteiger partial charge in [-0.2, -0.15) is 0 Å². The van der Waals surface area contributed by atoms with Crippen molar-refractivity contribution in [2.24, 2.45) is 0 Å². The van der Waals surface area contributed by atoms with Crippen LogP contribution in [0.3, 0.4) is 0 Å². The molecule has 0 aliphatic rings. The van der Waals surface area contributed by atoms with Gasteiger partial charge in [0.05, 0.1) is 0 Å². The van der Waals surface area contributed by atoms with Gasteiger partial charge in [0.2, 0.25) is 0 Å². The molecule has 187 valence electrons. The van der Waals surface area contributed by atoms with Crippen LogP contribution in [0.2, 0.25) is 0 Å². The Balaban J connectivity index is -0.0000000226. The van der Waals surface area contributed by atoms with Gasteiger partial charge in [-0.05, 0) is 12.1 Å². The van der Waals surface area contributed by atoms with Crippen molar-refractivity contribution in [2.75, 3.05) is 0 Å². The summed E-state index contributed by atoms with van der Waals surface area (Å²) in [4.78, 5) is 3.78. The van der Waals surface area contributed by atoms with Crippen molar-refractivity contribution in [1.29, 1.82) is 0 Å². The van der Waals surface area contributed by atoms with Crippen LogP contribution in [0.4, 0.5) is 0 Å². The van der Waals surface area contributed by atoms with Crippen LogP contribution in [0.15, 0.2) is 30.6 Å². The molecule has 1 rings (SSSR count). The van der Waals surface area contributed by atoms with Gasteiger partial charge >= 0.3 is 19.5 Å². The molecule has 1 heterocycles. The number of rotatable bonds is 0. The summed E-state index contributed by atoms with van der Waals surface area (Å²) in [5.74, 6) is 0. The average Bonchev–Trinajstić information content (AvgIpc) is 2.21. The summed E-state index contributed by atoms with van der Waals surface area (Å²) < 4.78 is 136. The number of hydrogen-bond acceptors (Lipinski definition) is 17. The molecular weight excluding hydrogens is 643 g/mol. The molecule has 0 amide bonds. The Kier molecular flexibility index (Phi) is 61.8. The minimum absolute atomic E-state index is 0. The van der Waals surface area contributed by atoms with E-state index < -0.39 is 41.0 Å². The van der Waals surface area contributed by atoms with E-state index in [4.69, 9.17) is 74.5 Å². The minimum Gasteiger partial charge on any atom is -0.265 e. The second-order valence-electron chi connectivity index (χ2n) is 2.54. The largest absolute Gasteiger partial charge is 4.00 e. The molecule has 0 unspecified atom stereocenters. The second kappa shape index (κ2) is 31.1. The molecule has 22 nitrogen and oxygen atoms in total. The summed E-state index contributed by atoms with van der Waals surface area (Å²) >= 11 is 0. The van der Waals surface area contributed by atoms with Crippen molar-refractivity contribution in [3.8, 4) is 0 Å². The minimum atomic E-state index is -4.94. The summed E-state index contributed by atoms with van der Waals surface area (Å²) in [6, 6.07) is 5.72. The zero-order valence-electron chi connectivity index (χ0n) is 14.0. The van der Waals surface area contributed by atoms with Crippen LogP contribution in [0.1, 0.15) is 0 Å². The van der Waals surface area contributed by atoms with E-state index in [1.807, 2.05) is 18.2 Å². The maximum Gasteiger partial charge on any atom is 4.00 e. The molecule has 15 radical (unpaired) electrons. The number of hydrogen-bond donors (Lipinski definition) is 0. The molecule has 0 aliphatic carbocycles. The standard InChI is InChI=1S/C5H5N.4ClHO4.5N.Ru/c1-2-4-6-5-3-1;4*2-1(3,4)5;;;;;;/h1-5H;4*(H,2,3,4,5);;;;;;/q;;;;;;;;;;+4/p-4. The molecule has 0 N–H and O–H groups in total. The first-order valence-corrected chi connectivity index (χ1v) is 9.26. The van der Waals surface area contributed by atoms with Crippen LogP contribution < -0.4 is 105 Å². The summed E-state index contributed by atoms with van der Waals surface area (Å²) in [6.07, 6.45) is 3.50. The molecule has 0 fully saturated rings. The van der Waals surface area contributed by atoms with Crippen LogP contribution >= 0.6 is 0 Å². The van der Waals surface area contributed by atoms with E-state index in [-0.39, 0.29) is 50.2 Å². The van der Waals surface area contributed by atoms with Crippen molar-refractivity contribution >= 4 is 0 Å². The monoisotopic (exact) mass is 647 g/mol. The third-order valence-corrected chi connectivity index (χ3v) is 0.566. The Morgan fingerprint density at radius 3 is 0.500 bits per heavy atom. The Morgan fingerprint density at radius 2 is 0.469 bits per heavy atom. The first-order chi connectivity index (χ1) is 11.0. The number of pyridine rings is 1. The van der Waals surface area contributed by atoms with Gasteiger partial charge in [0.25, 0.3) is 0 Å². The molecule has 1 aromatic rings. The van der Waals surface area contributed by atoms with Gasteiger partial charge in [-0.3, -0.25) is 4.98 Å². The quantitative estimate of drug-likeness (QED) is 0.236. The fourth-order valence-electron chi connectivity index (χ4n) is 0.313. The average molecular weight is 648 g/mol. The van der Waals surface area contributed by atoms with Crippen LogP contribution in [0.5, 0.6) is 0 Å². The topological polar surface area (TPSA) is 534 Å². The van der Waals surface area contributed by atoms with Crippen molar-refractivity contribution in [3.05, 3.63) is 30.6 Å². The fraction of sp³-hybridized carbons (Fsp3) is 0. The molecule has 0 bridgehead atoms. The van der Waals surface area contributed by atoms with E-state index >= 15 is 0 Å².